The van der Waals surface area contributed by atoms with Crippen LogP contribution in [0.25, 0.3) is 152 Å². The van der Waals surface area contributed by atoms with Crippen molar-refractivity contribution >= 4 is 159 Å². The van der Waals surface area contributed by atoms with E-state index in [1.54, 1.807) is 22.7 Å². The molecule has 0 aliphatic heterocycles. The van der Waals surface area contributed by atoms with Crippen LogP contribution in [0, 0.1) is 63.6 Å². The Bertz CT molecular complexity index is 8270. The van der Waals surface area contributed by atoms with Crippen LogP contribution in [0.1, 0.15) is 191 Å². The highest BCUT2D eigenvalue weighted by Crippen LogP contribution is 2.46. The number of aromatic nitrogens is 1. The van der Waals surface area contributed by atoms with E-state index >= 15 is 0 Å². The topological polar surface area (TPSA) is 124 Å². The molecule has 0 aliphatic rings. The zero-order valence-electron chi connectivity index (χ0n) is 79.9. The Hall–Kier alpha value is -14.1. The van der Waals surface area contributed by atoms with Crippen molar-refractivity contribution in [2.24, 2.45) is 0 Å². The normalized spacial score (nSPS) is 11.8. The summed E-state index contributed by atoms with van der Waals surface area (Å²) in [6.45, 7) is 42.6. The second-order valence-electron chi connectivity index (χ2n) is 40.9. The Morgan fingerprint density at radius 1 is 0.224 bits per heavy atom. The standard InChI is InChI=1S/C23H20N2.C23H19NS.C23H22S.C21H19N.2C17H15NS/c1-23(2,3)17-10-13-20-19-6-4-5-7-21(19)25(22(20)14-17)18-11-8-16(15-24)9-12-18;1-23(2,3)18-9-11-20-19-10-8-17(12-21(19)25-22(20)13-18)16-6-4-15(14-24)5-7-16;1-15-8-10-16(11-9-15)17-12-13-18-21(14-17)24-20-7-5-6-19(22(18)20)23(2,3)4;1-21(2,3)17-12-10-15(11-13-17)18-7-5-8-19-16(14-22)6-4-9-20(18)19;1-17(2,3)12-5-7-14-13-6-4-11(10-18)8-15(13)19-16(14)9-12;1-17(2,3)13-5-4-6-14-16(13)12-8-7-11(10-18)9-15(12)19-14/h4-14H,1-3H3;4-13H,1-3H3;5-14H,1-4H3;4-13H,1-3H3;2*4-9H,1-3H3. The van der Waals surface area contributed by atoms with Crippen LogP contribution in [0.2, 0.25) is 0 Å². The van der Waals surface area contributed by atoms with Crippen molar-refractivity contribution < 1.29 is 0 Å². The lowest BCUT2D eigenvalue weighted by molar-refractivity contribution is 0.590. The molecule has 0 spiro atoms. The summed E-state index contributed by atoms with van der Waals surface area (Å²) in [6.07, 6.45) is 0. The average Bonchev–Trinajstić information content (AvgIpc) is 1.59. The molecule has 21 aromatic rings. The molecule has 0 N–H and O–H groups in total. The molecule has 5 heterocycles. The minimum Gasteiger partial charge on any atom is -0.309 e. The fraction of sp³-hybridized carbons (Fsp3) is 0.202. The molecule has 0 fully saturated rings. The highest BCUT2D eigenvalue weighted by atomic mass is 32.1. The van der Waals surface area contributed by atoms with Crippen molar-refractivity contribution in [1.82, 2.24) is 4.57 Å². The molecule has 134 heavy (non-hydrogen) atoms. The molecule has 0 aliphatic carbocycles. The minimum atomic E-state index is 0.0974. The van der Waals surface area contributed by atoms with Gasteiger partial charge in [0.1, 0.15) is 0 Å². The van der Waals surface area contributed by atoms with Crippen molar-refractivity contribution in [2.45, 2.75) is 164 Å². The van der Waals surface area contributed by atoms with Crippen molar-refractivity contribution in [3.8, 4) is 69.4 Å². The summed E-state index contributed by atoms with van der Waals surface area (Å²) in [7, 11) is 0. The SMILES string of the molecule is CC(C)(C)c1ccc(-c2cccc3c(C#N)cccc23)cc1.CC(C)(C)c1ccc2c(c1)sc1cc(-c3ccc(C#N)cc3)ccc12.CC(C)(C)c1ccc2c(c1)sc1cc(C#N)ccc12.CC(C)(C)c1ccc2c3ccccc3n(-c3ccc(C#N)cc3)c2c1.CC(C)(C)c1cccc2sc3cc(C#N)ccc3c12.Cc1ccc(-c2ccc3c(c2)sc2cccc(C(C)(C)C)c23)cc1. The molecule has 0 radical (unpaired) electrons. The number of hydrogen-bond acceptors (Lipinski definition) is 9. The van der Waals surface area contributed by atoms with Gasteiger partial charge in [0.15, 0.2) is 0 Å². The fourth-order valence-electron chi connectivity index (χ4n) is 17.6. The fourth-order valence-corrected chi connectivity index (χ4v) is 22.3. The van der Waals surface area contributed by atoms with Crippen LogP contribution >= 0.6 is 45.3 Å². The number of thiophene rings is 4. The molecule has 10 heteroatoms. The smallest absolute Gasteiger partial charge is 0.0998 e. The maximum atomic E-state index is 9.27. The number of benzene rings is 16. The summed E-state index contributed by atoms with van der Waals surface area (Å²) in [5, 5.41) is 60.6. The highest BCUT2D eigenvalue weighted by molar-refractivity contribution is 7.27. The van der Waals surface area contributed by atoms with Gasteiger partial charge in [0.2, 0.25) is 0 Å². The molecule has 0 saturated carbocycles. The Morgan fingerprint density at radius 3 is 1.05 bits per heavy atom. The lowest BCUT2D eigenvalue weighted by Gasteiger charge is -2.20. The van der Waals surface area contributed by atoms with Gasteiger partial charge in [-0.25, -0.2) is 0 Å². The Balaban J connectivity index is 0.000000117. The third-order valence-electron chi connectivity index (χ3n) is 25.2. The van der Waals surface area contributed by atoms with Crippen LogP contribution < -0.4 is 0 Å². The minimum absolute atomic E-state index is 0.0974. The van der Waals surface area contributed by atoms with E-state index in [4.69, 9.17) is 21.0 Å². The van der Waals surface area contributed by atoms with Crippen LogP contribution in [0.5, 0.6) is 0 Å². The number of para-hydroxylation sites is 1. The summed E-state index contributed by atoms with van der Waals surface area (Å²) in [5.41, 5.74) is 24.7. The number of hydrogen-bond donors (Lipinski definition) is 0. The van der Waals surface area contributed by atoms with E-state index < -0.39 is 0 Å². The first-order valence-electron chi connectivity index (χ1n) is 45.7. The van der Waals surface area contributed by atoms with Crippen molar-refractivity contribution in [2.75, 3.05) is 0 Å². The van der Waals surface area contributed by atoms with E-state index in [-0.39, 0.29) is 32.5 Å². The Labute approximate surface area is 804 Å². The summed E-state index contributed by atoms with van der Waals surface area (Å²) >= 11 is 7.30. The number of nitriles is 5. The van der Waals surface area contributed by atoms with Gasteiger partial charge in [0.25, 0.3) is 0 Å². The molecule has 0 unspecified atom stereocenters. The molecular weight excluding hydrogens is 1700 g/mol. The first-order chi connectivity index (χ1) is 63.9. The van der Waals surface area contributed by atoms with Crippen LogP contribution in [0.15, 0.2) is 322 Å². The lowest BCUT2D eigenvalue weighted by Crippen LogP contribution is -2.11. The molecule has 5 aromatic heterocycles. The number of aryl methyl sites for hydroxylation is 1. The predicted molar refractivity (Wildman–Crippen MR) is 579 cm³/mol. The highest BCUT2D eigenvalue weighted by Gasteiger charge is 2.25. The van der Waals surface area contributed by atoms with Crippen LogP contribution in [0.4, 0.5) is 0 Å². The second-order valence-corrected chi connectivity index (χ2v) is 45.3. The molecular formula is C124H110N6S4. The summed E-state index contributed by atoms with van der Waals surface area (Å²) in [4.78, 5) is 0. The Kier molecular flexibility index (Phi) is 26.1. The Morgan fingerprint density at radius 2 is 0.567 bits per heavy atom. The van der Waals surface area contributed by atoms with Crippen molar-refractivity contribution in [3.05, 3.63) is 388 Å². The van der Waals surface area contributed by atoms with Gasteiger partial charge in [-0.2, -0.15) is 26.3 Å². The summed E-state index contributed by atoms with van der Waals surface area (Å²) in [5.74, 6) is 0. The lowest BCUT2D eigenvalue weighted by atomic mass is 9.84. The van der Waals surface area contributed by atoms with E-state index in [2.05, 4.69) is 391 Å². The third-order valence-corrected chi connectivity index (χ3v) is 29.6. The monoisotopic (exact) mass is 1810 g/mol. The van der Waals surface area contributed by atoms with Gasteiger partial charge < -0.3 is 4.57 Å². The maximum Gasteiger partial charge on any atom is 0.0998 e. The molecule has 6 nitrogen and oxygen atoms in total. The third kappa shape index (κ3) is 19.7. The van der Waals surface area contributed by atoms with E-state index in [9.17, 15) is 5.26 Å². The molecule has 0 atom stereocenters. The largest absolute Gasteiger partial charge is 0.309 e. The van der Waals surface area contributed by atoms with Gasteiger partial charge in [-0.15, -0.1) is 45.3 Å². The molecule has 0 saturated heterocycles. The van der Waals surface area contributed by atoms with Crippen LogP contribution in [0.3, 0.4) is 0 Å². The molecule has 0 bridgehead atoms. The van der Waals surface area contributed by atoms with Gasteiger partial charge in [0, 0.05) is 103 Å². The molecule has 0 amide bonds. The maximum absolute atomic E-state index is 9.27. The van der Waals surface area contributed by atoms with E-state index in [1.165, 1.54) is 169 Å². The van der Waals surface area contributed by atoms with E-state index in [0.29, 0.717) is 11.1 Å². The van der Waals surface area contributed by atoms with Crippen LogP contribution in [-0.2, 0) is 32.5 Å². The average molecular weight is 1810 g/mol. The first-order valence-corrected chi connectivity index (χ1v) is 48.9. The summed E-state index contributed by atoms with van der Waals surface area (Å²) < 4.78 is 12.7. The van der Waals surface area contributed by atoms with E-state index in [1.807, 2.05) is 120 Å². The molecule has 660 valence electrons. The zero-order valence-corrected chi connectivity index (χ0v) is 83.2. The quantitative estimate of drug-likeness (QED) is 0.174. The number of fused-ring (bicyclic) bond motifs is 16. The van der Waals surface area contributed by atoms with Crippen LogP contribution in [-0.4, -0.2) is 4.57 Å². The summed E-state index contributed by atoms with van der Waals surface area (Å²) in [6, 6.07) is 124. The van der Waals surface area contributed by atoms with Gasteiger partial charge in [-0.1, -0.05) is 336 Å². The van der Waals surface area contributed by atoms with Crippen molar-refractivity contribution in [1.29, 1.82) is 26.3 Å². The van der Waals surface area contributed by atoms with Gasteiger partial charge >= 0.3 is 0 Å². The van der Waals surface area contributed by atoms with E-state index in [0.717, 1.165) is 38.7 Å². The predicted octanol–water partition coefficient (Wildman–Crippen LogP) is 36.3. The molecule has 21 rings (SSSR count). The van der Waals surface area contributed by atoms with Gasteiger partial charge in [0.05, 0.1) is 69.2 Å². The number of rotatable bonds is 4. The first kappa shape index (κ1) is 93.2. The van der Waals surface area contributed by atoms with Gasteiger partial charge in [-0.3, -0.25) is 0 Å². The molecule has 16 aromatic carbocycles. The second kappa shape index (κ2) is 37.5. The van der Waals surface area contributed by atoms with Crippen molar-refractivity contribution in [3.63, 3.8) is 0 Å². The van der Waals surface area contributed by atoms with Gasteiger partial charge in [-0.05, 0) is 227 Å². The zero-order chi connectivity index (χ0) is 95.1. The number of nitrogens with zero attached hydrogens (tertiary/aromatic N) is 6.